The molecule has 0 aliphatic rings. The minimum absolute atomic E-state index is 0.313. The molecule has 0 radical (unpaired) electrons. The van der Waals surface area contributed by atoms with E-state index in [0.717, 1.165) is 23.1 Å². The summed E-state index contributed by atoms with van der Waals surface area (Å²) in [5.74, 6) is 0. The largest absolute Gasteiger partial charge is 0.310 e. The molecule has 100 valence electrons. The Labute approximate surface area is 123 Å². The lowest BCUT2D eigenvalue weighted by Gasteiger charge is -2.20. The second kappa shape index (κ2) is 6.83. The number of hydrogen-bond acceptors (Lipinski definition) is 2. The van der Waals surface area contributed by atoms with Gasteiger partial charge in [-0.25, -0.2) is 0 Å². The Morgan fingerprint density at radius 3 is 2.79 bits per heavy atom. The van der Waals surface area contributed by atoms with E-state index < -0.39 is 0 Å². The number of likely N-dealkylation sites (N-methyl/N-ethyl adjacent to an activating group) is 1. The number of nitrogens with one attached hydrogen (secondary N) is 1. The fraction of sp³-hybridized carbons (Fsp3) is 0.312. The fourth-order valence-corrected chi connectivity index (χ4v) is 2.75. The van der Waals surface area contributed by atoms with Gasteiger partial charge in [-0.1, -0.05) is 41.1 Å². The monoisotopic (exact) mass is 318 g/mol. The first-order valence-electron chi connectivity index (χ1n) is 6.60. The molecule has 1 N–H and O–H groups in total. The highest BCUT2D eigenvalue weighted by Crippen LogP contribution is 2.22. The average Bonchev–Trinajstić information content (AvgIpc) is 2.39. The zero-order valence-electron chi connectivity index (χ0n) is 11.4. The van der Waals surface area contributed by atoms with Crippen molar-refractivity contribution in [2.45, 2.75) is 26.3 Å². The lowest BCUT2D eigenvalue weighted by Crippen LogP contribution is -2.24. The van der Waals surface area contributed by atoms with Gasteiger partial charge in [0.25, 0.3) is 0 Å². The molecule has 0 aliphatic heterocycles. The molecule has 1 aromatic carbocycles. The molecule has 2 aromatic rings. The highest BCUT2D eigenvalue weighted by molar-refractivity contribution is 9.10. The molecule has 19 heavy (non-hydrogen) atoms. The minimum atomic E-state index is 0.313. The van der Waals surface area contributed by atoms with Crippen LogP contribution >= 0.6 is 15.9 Å². The van der Waals surface area contributed by atoms with E-state index in [4.69, 9.17) is 0 Å². The summed E-state index contributed by atoms with van der Waals surface area (Å²) in [6.07, 6.45) is 2.82. The van der Waals surface area contributed by atoms with Gasteiger partial charge in [0.15, 0.2) is 0 Å². The number of pyridine rings is 1. The summed E-state index contributed by atoms with van der Waals surface area (Å²) in [5.41, 5.74) is 3.70. The lowest BCUT2D eigenvalue weighted by atomic mass is 9.98. The molecule has 0 saturated heterocycles. The molecule has 1 atom stereocenters. The number of aromatic nitrogens is 1. The molecule has 0 aliphatic carbocycles. The summed E-state index contributed by atoms with van der Waals surface area (Å²) in [5, 5.41) is 3.55. The number of hydrogen-bond donors (Lipinski definition) is 1. The summed E-state index contributed by atoms with van der Waals surface area (Å²) in [7, 11) is 0. The highest BCUT2D eigenvalue weighted by atomic mass is 79.9. The molecular weight excluding hydrogens is 300 g/mol. The van der Waals surface area contributed by atoms with Crippen LogP contribution in [0.3, 0.4) is 0 Å². The second-order valence-electron chi connectivity index (χ2n) is 4.62. The molecule has 0 bridgehead atoms. The van der Waals surface area contributed by atoms with Gasteiger partial charge < -0.3 is 5.32 Å². The number of aryl methyl sites for hydroxylation is 1. The molecule has 0 fully saturated rings. The van der Waals surface area contributed by atoms with E-state index in [2.05, 4.69) is 70.4 Å². The first-order chi connectivity index (χ1) is 9.20. The van der Waals surface area contributed by atoms with Gasteiger partial charge in [0.2, 0.25) is 0 Å². The van der Waals surface area contributed by atoms with Gasteiger partial charge in [0.1, 0.15) is 0 Å². The van der Waals surface area contributed by atoms with Crippen LogP contribution in [0, 0.1) is 6.92 Å². The molecule has 0 spiro atoms. The van der Waals surface area contributed by atoms with Crippen LogP contribution in [0.15, 0.2) is 47.1 Å². The van der Waals surface area contributed by atoms with Crippen molar-refractivity contribution >= 4 is 15.9 Å². The van der Waals surface area contributed by atoms with E-state index in [1.165, 1.54) is 11.1 Å². The van der Waals surface area contributed by atoms with Crippen molar-refractivity contribution in [1.82, 2.24) is 10.3 Å². The Bertz CT molecular complexity index is 540. The third kappa shape index (κ3) is 3.88. The first kappa shape index (κ1) is 14.2. The van der Waals surface area contributed by atoms with Gasteiger partial charge in [0, 0.05) is 22.4 Å². The molecule has 2 rings (SSSR count). The highest BCUT2D eigenvalue weighted by Gasteiger charge is 2.13. The molecule has 2 nitrogen and oxygen atoms in total. The van der Waals surface area contributed by atoms with Crippen molar-refractivity contribution in [3.63, 3.8) is 0 Å². The van der Waals surface area contributed by atoms with Gasteiger partial charge in [0.05, 0.1) is 0 Å². The molecule has 1 unspecified atom stereocenters. The Balaban J connectivity index is 2.24. The van der Waals surface area contributed by atoms with E-state index in [9.17, 15) is 0 Å². The zero-order chi connectivity index (χ0) is 13.7. The zero-order valence-corrected chi connectivity index (χ0v) is 12.9. The number of benzene rings is 1. The Morgan fingerprint density at radius 2 is 2.11 bits per heavy atom. The normalized spacial score (nSPS) is 12.4. The quantitative estimate of drug-likeness (QED) is 0.899. The number of nitrogens with zero attached hydrogens (tertiary/aromatic N) is 1. The van der Waals surface area contributed by atoms with E-state index in [0.29, 0.717) is 6.04 Å². The van der Waals surface area contributed by atoms with Crippen LogP contribution in [-0.2, 0) is 6.42 Å². The summed E-state index contributed by atoms with van der Waals surface area (Å²) < 4.78 is 1.13. The fourth-order valence-electron chi connectivity index (χ4n) is 2.30. The number of rotatable bonds is 5. The number of halogens is 1. The Kier molecular flexibility index (Phi) is 5.11. The Hall–Kier alpha value is -1.19. The van der Waals surface area contributed by atoms with E-state index in [-0.39, 0.29) is 0 Å². The van der Waals surface area contributed by atoms with Gasteiger partial charge in [-0.05, 0) is 49.2 Å². The Morgan fingerprint density at radius 1 is 1.26 bits per heavy atom. The summed E-state index contributed by atoms with van der Waals surface area (Å²) in [6.45, 7) is 5.16. The molecule has 3 heteroatoms. The lowest BCUT2D eigenvalue weighted by molar-refractivity contribution is 0.545. The van der Waals surface area contributed by atoms with Gasteiger partial charge in [-0.3, -0.25) is 4.98 Å². The smallest absolute Gasteiger partial charge is 0.0420 e. The molecule has 0 amide bonds. The van der Waals surface area contributed by atoms with Crippen LogP contribution in [0.25, 0.3) is 0 Å². The third-order valence-electron chi connectivity index (χ3n) is 3.20. The average molecular weight is 319 g/mol. The van der Waals surface area contributed by atoms with E-state index in [1.54, 1.807) is 0 Å². The van der Waals surface area contributed by atoms with E-state index in [1.807, 2.05) is 12.3 Å². The van der Waals surface area contributed by atoms with Crippen LogP contribution in [-0.4, -0.2) is 11.5 Å². The summed E-state index contributed by atoms with van der Waals surface area (Å²) in [6, 6.07) is 13.0. The van der Waals surface area contributed by atoms with Crippen molar-refractivity contribution in [1.29, 1.82) is 0 Å². The van der Waals surface area contributed by atoms with Crippen LogP contribution in [0.1, 0.15) is 29.8 Å². The van der Waals surface area contributed by atoms with Crippen molar-refractivity contribution in [2.24, 2.45) is 0 Å². The molecular formula is C16H19BrN2. The summed E-state index contributed by atoms with van der Waals surface area (Å²) >= 11 is 3.53. The molecule has 0 saturated carbocycles. The van der Waals surface area contributed by atoms with Crippen LogP contribution < -0.4 is 5.32 Å². The molecule has 1 heterocycles. The van der Waals surface area contributed by atoms with Crippen LogP contribution in [0.4, 0.5) is 0 Å². The maximum atomic E-state index is 4.39. The van der Waals surface area contributed by atoms with Gasteiger partial charge >= 0.3 is 0 Å². The van der Waals surface area contributed by atoms with Gasteiger partial charge in [-0.2, -0.15) is 0 Å². The summed E-state index contributed by atoms with van der Waals surface area (Å²) in [4.78, 5) is 4.39. The predicted molar refractivity (Wildman–Crippen MR) is 83.2 cm³/mol. The maximum Gasteiger partial charge on any atom is 0.0420 e. The van der Waals surface area contributed by atoms with Crippen molar-refractivity contribution in [3.8, 4) is 0 Å². The minimum Gasteiger partial charge on any atom is -0.310 e. The van der Waals surface area contributed by atoms with Crippen LogP contribution in [0.5, 0.6) is 0 Å². The van der Waals surface area contributed by atoms with Crippen LogP contribution in [0.2, 0.25) is 0 Å². The standard InChI is InChI=1S/C16H19BrN2/c1-3-18-16(15-8-5-9-19-12(15)2)11-13-6-4-7-14(17)10-13/h4-10,16,18H,3,11H2,1-2H3. The third-order valence-corrected chi connectivity index (χ3v) is 3.70. The van der Waals surface area contributed by atoms with Crippen molar-refractivity contribution in [2.75, 3.05) is 6.54 Å². The van der Waals surface area contributed by atoms with Gasteiger partial charge in [-0.15, -0.1) is 0 Å². The van der Waals surface area contributed by atoms with Crippen molar-refractivity contribution in [3.05, 3.63) is 63.9 Å². The van der Waals surface area contributed by atoms with E-state index >= 15 is 0 Å². The first-order valence-corrected chi connectivity index (χ1v) is 7.39. The second-order valence-corrected chi connectivity index (χ2v) is 5.54. The predicted octanol–water partition coefficient (Wildman–Crippen LogP) is 4.05. The SMILES string of the molecule is CCNC(Cc1cccc(Br)c1)c1cccnc1C. The topological polar surface area (TPSA) is 24.9 Å². The van der Waals surface area contributed by atoms with Crippen molar-refractivity contribution < 1.29 is 0 Å². The maximum absolute atomic E-state index is 4.39. The molecule has 1 aromatic heterocycles.